The number of hydrogen-bond donors (Lipinski definition) is 1. The SMILES string of the molecule is CC(CC=N)CCCC(C)C1CCC2CCCC3CC(C)CC3(C)C(C)CCC21C. The molecular formula is C29H53N. The number of nitrogens with one attached hydrogen (secondary N) is 1. The smallest absolute Gasteiger partial charge is 0.00451 e. The first-order chi connectivity index (χ1) is 14.2. The van der Waals surface area contributed by atoms with E-state index >= 15 is 0 Å². The number of fused-ring (bicyclic) bond motifs is 2. The lowest BCUT2D eigenvalue weighted by atomic mass is 9.60. The number of hydrogen-bond acceptors (Lipinski definition) is 1. The third-order valence-corrected chi connectivity index (χ3v) is 10.9. The highest BCUT2D eigenvalue weighted by Gasteiger charge is 2.51. The minimum atomic E-state index is 0.585. The summed E-state index contributed by atoms with van der Waals surface area (Å²) in [7, 11) is 0. The topological polar surface area (TPSA) is 23.9 Å². The summed E-state index contributed by atoms with van der Waals surface area (Å²) in [5.41, 5.74) is 1.19. The zero-order chi connectivity index (χ0) is 21.9. The van der Waals surface area contributed by atoms with Gasteiger partial charge in [-0.25, -0.2) is 0 Å². The maximum absolute atomic E-state index is 7.35. The summed E-state index contributed by atoms with van der Waals surface area (Å²) in [6.07, 6.45) is 20.1. The molecule has 1 N–H and O–H groups in total. The summed E-state index contributed by atoms with van der Waals surface area (Å²) in [4.78, 5) is 0. The normalized spacial score (nSPS) is 44.1. The van der Waals surface area contributed by atoms with E-state index in [0.717, 1.165) is 41.9 Å². The van der Waals surface area contributed by atoms with Crippen LogP contribution >= 0.6 is 0 Å². The summed E-state index contributed by atoms with van der Waals surface area (Å²) >= 11 is 0. The molecule has 3 rings (SSSR count). The second kappa shape index (κ2) is 10.1. The first-order valence-electron chi connectivity index (χ1n) is 13.7. The Kier molecular flexibility index (Phi) is 8.17. The minimum absolute atomic E-state index is 0.585. The van der Waals surface area contributed by atoms with Crippen molar-refractivity contribution in [3.8, 4) is 0 Å². The van der Waals surface area contributed by atoms with Crippen molar-refractivity contribution in [1.29, 1.82) is 5.41 Å². The van der Waals surface area contributed by atoms with E-state index in [-0.39, 0.29) is 0 Å². The Hall–Kier alpha value is -0.330. The molecule has 0 saturated heterocycles. The first kappa shape index (κ1) is 24.3. The van der Waals surface area contributed by atoms with Crippen LogP contribution in [0.15, 0.2) is 0 Å². The molecule has 1 nitrogen and oxygen atoms in total. The largest absolute Gasteiger partial charge is 0.313 e. The van der Waals surface area contributed by atoms with Crippen molar-refractivity contribution in [1.82, 2.24) is 0 Å². The molecule has 3 aliphatic rings. The van der Waals surface area contributed by atoms with Crippen LogP contribution in [0.2, 0.25) is 0 Å². The average molecular weight is 416 g/mol. The van der Waals surface area contributed by atoms with Crippen LogP contribution in [0.1, 0.15) is 125 Å². The lowest BCUT2D eigenvalue weighted by Crippen LogP contribution is -2.37. The molecule has 0 heterocycles. The molecule has 1 heteroatoms. The van der Waals surface area contributed by atoms with Gasteiger partial charge in [-0.3, -0.25) is 0 Å². The molecule has 3 fully saturated rings. The molecule has 0 radical (unpaired) electrons. The molecule has 9 unspecified atom stereocenters. The van der Waals surface area contributed by atoms with Crippen molar-refractivity contribution in [3.05, 3.63) is 0 Å². The Labute approximate surface area is 189 Å². The summed E-state index contributed by atoms with van der Waals surface area (Å²) in [6.45, 7) is 15.4. The van der Waals surface area contributed by atoms with Crippen LogP contribution in [-0.4, -0.2) is 6.21 Å². The van der Waals surface area contributed by atoms with Crippen LogP contribution in [0.5, 0.6) is 0 Å². The van der Waals surface area contributed by atoms with Gasteiger partial charge in [0.25, 0.3) is 0 Å². The predicted molar refractivity (Wildman–Crippen MR) is 132 cm³/mol. The summed E-state index contributed by atoms with van der Waals surface area (Å²) < 4.78 is 0. The van der Waals surface area contributed by atoms with Gasteiger partial charge in [-0.05, 0) is 116 Å². The van der Waals surface area contributed by atoms with Crippen molar-refractivity contribution in [2.45, 2.75) is 125 Å². The van der Waals surface area contributed by atoms with Crippen molar-refractivity contribution >= 4 is 6.21 Å². The van der Waals surface area contributed by atoms with Crippen LogP contribution in [-0.2, 0) is 0 Å². The fourth-order valence-corrected chi connectivity index (χ4v) is 8.72. The van der Waals surface area contributed by atoms with Gasteiger partial charge in [-0.2, -0.15) is 0 Å². The van der Waals surface area contributed by atoms with Gasteiger partial charge in [-0.1, -0.05) is 67.2 Å². The van der Waals surface area contributed by atoms with E-state index in [9.17, 15) is 0 Å². The Bertz CT molecular complexity index is 555. The highest BCUT2D eigenvalue weighted by atomic mass is 14.6. The van der Waals surface area contributed by atoms with E-state index in [1.165, 1.54) is 77.0 Å². The summed E-state index contributed by atoms with van der Waals surface area (Å²) in [5.74, 6) is 6.32. The Morgan fingerprint density at radius 2 is 1.67 bits per heavy atom. The van der Waals surface area contributed by atoms with Crippen molar-refractivity contribution in [3.63, 3.8) is 0 Å². The van der Waals surface area contributed by atoms with Gasteiger partial charge in [0.1, 0.15) is 0 Å². The average Bonchev–Trinajstić information content (AvgIpc) is 3.17. The van der Waals surface area contributed by atoms with E-state index in [2.05, 4.69) is 41.5 Å². The van der Waals surface area contributed by atoms with Crippen LogP contribution in [0.3, 0.4) is 0 Å². The van der Waals surface area contributed by atoms with E-state index in [1.807, 2.05) is 0 Å². The lowest BCUT2D eigenvalue weighted by Gasteiger charge is -2.45. The molecule has 3 saturated carbocycles. The fourth-order valence-electron chi connectivity index (χ4n) is 8.72. The molecule has 0 aromatic heterocycles. The predicted octanol–water partition coefficient (Wildman–Crippen LogP) is 9.15. The Morgan fingerprint density at radius 1 is 0.933 bits per heavy atom. The second-order valence-corrected chi connectivity index (χ2v) is 13.0. The van der Waals surface area contributed by atoms with Gasteiger partial charge in [0, 0.05) is 0 Å². The highest BCUT2D eigenvalue weighted by molar-refractivity contribution is 5.53. The third kappa shape index (κ3) is 5.01. The summed E-state index contributed by atoms with van der Waals surface area (Å²) in [6, 6.07) is 0. The molecule has 0 aromatic rings. The van der Waals surface area contributed by atoms with E-state index in [4.69, 9.17) is 5.41 Å². The van der Waals surface area contributed by atoms with Crippen LogP contribution in [0.4, 0.5) is 0 Å². The van der Waals surface area contributed by atoms with E-state index < -0.39 is 0 Å². The molecule has 0 spiro atoms. The van der Waals surface area contributed by atoms with Crippen LogP contribution < -0.4 is 0 Å². The zero-order valence-electron chi connectivity index (χ0n) is 21.3. The zero-order valence-corrected chi connectivity index (χ0v) is 21.3. The molecule has 30 heavy (non-hydrogen) atoms. The van der Waals surface area contributed by atoms with Gasteiger partial charge < -0.3 is 5.41 Å². The van der Waals surface area contributed by atoms with Crippen molar-refractivity contribution in [2.24, 2.45) is 52.3 Å². The minimum Gasteiger partial charge on any atom is -0.313 e. The molecular weight excluding hydrogens is 362 g/mol. The van der Waals surface area contributed by atoms with Gasteiger partial charge in [-0.15, -0.1) is 0 Å². The molecule has 9 atom stereocenters. The first-order valence-corrected chi connectivity index (χ1v) is 13.7. The fraction of sp³-hybridized carbons (Fsp3) is 0.966. The van der Waals surface area contributed by atoms with Gasteiger partial charge >= 0.3 is 0 Å². The molecule has 0 aliphatic heterocycles. The van der Waals surface area contributed by atoms with Gasteiger partial charge in [0.15, 0.2) is 0 Å². The monoisotopic (exact) mass is 415 g/mol. The standard InChI is InChI=1S/C29H53N/c1-21(16-18-30)9-7-10-23(3)27-14-13-25-11-8-12-26-19-22(2)20-29(26,6)24(4)15-17-28(25,27)5/h18,21-27,30H,7-17,19-20H2,1-6H3. The second-order valence-electron chi connectivity index (χ2n) is 13.0. The molecule has 0 aromatic carbocycles. The Morgan fingerprint density at radius 3 is 2.40 bits per heavy atom. The van der Waals surface area contributed by atoms with Crippen LogP contribution in [0, 0.1) is 57.7 Å². The third-order valence-electron chi connectivity index (χ3n) is 10.9. The van der Waals surface area contributed by atoms with E-state index in [1.54, 1.807) is 6.21 Å². The summed E-state index contributed by atoms with van der Waals surface area (Å²) in [5, 5.41) is 7.35. The molecule has 3 aliphatic carbocycles. The molecule has 0 bridgehead atoms. The Balaban J connectivity index is 1.65. The maximum Gasteiger partial charge on any atom is -0.00451 e. The lowest BCUT2D eigenvalue weighted by molar-refractivity contribution is 0.0434. The van der Waals surface area contributed by atoms with Gasteiger partial charge in [0.2, 0.25) is 0 Å². The number of rotatable bonds is 7. The quantitative estimate of drug-likeness (QED) is 0.401. The highest BCUT2D eigenvalue weighted by Crippen LogP contribution is 2.60. The molecule has 0 amide bonds. The van der Waals surface area contributed by atoms with Crippen LogP contribution in [0.25, 0.3) is 0 Å². The van der Waals surface area contributed by atoms with Crippen molar-refractivity contribution < 1.29 is 0 Å². The van der Waals surface area contributed by atoms with Crippen molar-refractivity contribution in [2.75, 3.05) is 0 Å². The van der Waals surface area contributed by atoms with Gasteiger partial charge in [0.05, 0.1) is 0 Å². The van der Waals surface area contributed by atoms with E-state index in [0.29, 0.717) is 16.7 Å². The maximum atomic E-state index is 7.35. The molecule has 174 valence electrons.